The third-order valence-corrected chi connectivity index (χ3v) is 6.62. The van der Waals surface area contributed by atoms with E-state index in [0.717, 1.165) is 22.4 Å². The van der Waals surface area contributed by atoms with Crippen LogP contribution in [0.2, 0.25) is 0 Å². The summed E-state index contributed by atoms with van der Waals surface area (Å²) in [6, 6.07) is 21.0. The fourth-order valence-corrected chi connectivity index (χ4v) is 4.78. The zero-order chi connectivity index (χ0) is 25.2. The lowest BCUT2D eigenvalue weighted by Crippen LogP contribution is -2.51. The molecule has 6 heteroatoms. The number of hydrogen-bond donors (Lipinski definition) is 1. The molecule has 182 valence electrons. The van der Waals surface area contributed by atoms with Crippen molar-refractivity contribution in [3.63, 3.8) is 0 Å². The lowest BCUT2D eigenvalue weighted by molar-refractivity contribution is -0.101. The van der Waals surface area contributed by atoms with Gasteiger partial charge in [-0.05, 0) is 51.0 Å². The van der Waals surface area contributed by atoms with E-state index in [1.165, 1.54) is 6.92 Å². The average molecular weight is 473 g/mol. The number of rotatable bonds is 7. The van der Waals surface area contributed by atoms with E-state index in [-0.39, 0.29) is 17.9 Å². The normalized spacial score (nSPS) is 19.2. The molecule has 3 aromatic rings. The first-order chi connectivity index (χ1) is 16.6. The Bertz CT molecular complexity index is 1180. The Morgan fingerprint density at radius 1 is 1.11 bits per heavy atom. The van der Waals surface area contributed by atoms with Gasteiger partial charge in [0.25, 0.3) is 0 Å². The van der Waals surface area contributed by atoms with Crippen LogP contribution >= 0.6 is 0 Å². The Morgan fingerprint density at radius 2 is 1.80 bits per heavy atom. The van der Waals surface area contributed by atoms with E-state index in [2.05, 4.69) is 4.98 Å². The minimum absolute atomic E-state index is 0.0134. The van der Waals surface area contributed by atoms with Crippen molar-refractivity contribution in [1.82, 2.24) is 9.88 Å². The number of carbonyl (C=O) groups is 2. The lowest BCUT2D eigenvalue weighted by Gasteiger charge is -2.45. The standard InChI is InChI=1S/C29H32N2O4/c1-20(22-10-12-23(13-11-22)26-15-14-24(18-30-26)21(2)32)31-17-16-29(35-27(31)33,19-28(3,4)34)25-8-6-5-7-9-25/h5-15,18,20,34H,16-17,19H2,1-4H3/t20-,29-/m0/s1. The van der Waals surface area contributed by atoms with E-state index in [1.54, 1.807) is 31.0 Å². The average Bonchev–Trinajstić information content (AvgIpc) is 2.83. The summed E-state index contributed by atoms with van der Waals surface area (Å²) in [6.07, 6.45) is 2.11. The Kier molecular flexibility index (Phi) is 6.77. The number of benzene rings is 2. The Balaban J connectivity index is 1.51. The number of carbonyl (C=O) groups excluding carboxylic acids is 2. The molecule has 6 nitrogen and oxygen atoms in total. The zero-order valence-corrected chi connectivity index (χ0v) is 20.7. The van der Waals surface area contributed by atoms with Crippen molar-refractivity contribution in [1.29, 1.82) is 0 Å². The summed E-state index contributed by atoms with van der Waals surface area (Å²) in [5.74, 6) is -0.0134. The molecule has 1 fully saturated rings. The number of Topliss-reactive ketones (excluding diaryl/α,β-unsaturated/α-hetero) is 1. The molecule has 0 radical (unpaired) electrons. The molecule has 1 aromatic heterocycles. The minimum atomic E-state index is -0.990. The van der Waals surface area contributed by atoms with Gasteiger partial charge in [0, 0.05) is 36.7 Å². The minimum Gasteiger partial charge on any atom is -0.438 e. The number of ether oxygens (including phenoxy) is 1. The number of hydrogen-bond acceptors (Lipinski definition) is 5. The molecule has 0 saturated carbocycles. The topological polar surface area (TPSA) is 79.7 Å². The highest BCUT2D eigenvalue weighted by molar-refractivity contribution is 5.93. The molecule has 0 unspecified atom stereocenters. The summed E-state index contributed by atoms with van der Waals surface area (Å²) in [6.45, 7) is 7.50. The van der Waals surface area contributed by atoms with Crippen molar-refractivity contribution in [2.75, 3.05) is 6.54 Å². The van der Waals surface area contributed by atoms with Crippen molar-refractivity contribution >= 4 is 11.9 Å². The second kappa shape index (κ2) is 9.62. The number of cyclic esters (lactones) is 1. The van der Waals surface area contributed by atoms with Gasteiger partial charge in [0.1, 0.15) is 5.60 Å². The fourth-order valence-electron chi connectivity index (χ4n) is 4.78. The van der Waals surface area contributed by atoms with Crippen LogP contribution in [0.4, 0.5) is 4.79 Å². The molecular formula is C29H32N2O4. The SMILES string of the molecule is CC(=O)c1ccc(-c2ccc([C@H](C)N3CC[C@](CC(C)(C)O)(c4ccccc4)OC3=O)cc2)nc1. The highest BCUT2D eigenvalue weighted by atomic mass is 16.6. The predicted molar refractivity (Wildman–Crippen MR) is 135 cm³/mol. The summed E-state index contributed by atoms with van der Waals surface area (Å²) >= 11 is 0. The molecule has 1 amide bonds. The quantitative estimate of drug-likeness (QED) is 0.432. The van der Waals surface area contributed by atoms with Gasteiger partial charge in [-0.3, -0.25) is 9.78 Å². The van der Waals surface area contributed by atoms with Crippen molar-refractivity contribution < 1.29 is 19.4 Å². The van der Waals surface area contributed by atoms with Gasteiger partial charge >= 0.3 is 6.09 Å². The van der Waals surface area contributed by atoms with Crippen molar-refractivity contribution in [3.8, 4) is 11.3 Å². The van der Waals surface area contributed by atoms with Crippen LogP contribution in [-0.4, -0.2) is 39.0 Å². The largest absolute Gasteiger partial charge is 0.438 e. The predicted octanol–water partition coefficient (Wildman–Crippen LogP) is 5.91. The first kappa shape index (κ1) is 24.6. The molecule has 2 heterocycles. The first-order valence-electron chi connectivity index (χ1n) is 11.9. The molecule has 0 spiro atoms. The van der Waals surface area contributed by atoms with Crippen molar-refractivity contribution in [3.05, 3.63) is 89.6 Å². The molecule has 0 bridgehead atoms. The molecule has 4 rings (SSSR count). The Morgan fingerprint density at radius 3 is 2.34 bits per heavy atom. The number of ketones is 1. The van der Waals surface area contributed by atoms with E-state index < -0.39 is 11.2 Å². The maximum absolute atomic E-state index is 13.2. The van der Waals surface area contributed by atoms with E-state index in [0.29, 0.717) is 24.9 Å². The van der Waals surface area contributed by atoms with Crippen LogP contribution in [0.15, 0.2) is 72.9 Å². The third kappa shape index (κ3) is 5.43. The van der Waals surface area contributed by atoms with Crippen LogP contribution < -0.4 is 0 Å². The van der Waals surface area contributed by atoms with Crippen LogP contribution in [0, 0.1) is 0 Å². The fraction of sp³-hybridized carbons (Fsp3) is 0.345. The summed E-state index contributed by atoms with van der Waals surface area (Å²) < 4.78 is 6.10. The Hall–Kier alpha value is -3.51. The van der Waals surface area contributed by atoms with Crippen LogP contribution in [-0.2, 0) is 10.3 Å². The molecule has 35 heavy (non-hydrogen) atoms. The maximum Gasteiger partial charge on any atom is 0.411 e. The molecule has 1 aliphatic rings. The van der Waals surface area contributed by atoms with Gasteiger partial charge in [0.05, 0.1) is 17.3 Å². The van der Waals surface area contributed by atoms with Gasteiger partial charge in [-0.15, -0.1) is 0 Å². The molecular weight excluding hydrogens is 440 g/mol. The second-order valence-corrected chi connectivity index (χ2v) is 9.95. The number of aliphatic hydroxyl groups is 1. The van der Waals surface area contributed by atoms with Gasteiger partial charge < -0.3 is 14.7 Å². The number of aromatic nitrogens is 1. The van der Waals surface area contributed by atoms with Crippen LogP contribution in [0.1, 0.15) is 68.1 Å². The van der Waals surface area contributed by atoms with Gasteiger partial charge in [-0.2, -0.15) is 0 Å². The number of nitrogens with zero attached hydrogens (tertiary/aromatic N) is 2. The van der Waals surface area contributed by atoms with E-state index in [9.17, 15) is 14.7 Å². The molecule has 1 N–H and O–H groups in total. The molecule has 1 saturated heterocycles. The lowest BCUT2D eigenvalue weighted by atomic mass is 9.80. The number of pyridine rings is 1. The van der Waals surface area contributed by atoms with Crippen LogP contribution in [0.3, 0.4) is 0 Å². The van der Waals surface area contributed by atoms with Crippen molar-refractivity contribution in [2.24, 2.45) is 0 Å². The summed E-state index contributed by atoms with van der Waals surface area (Å²) in [4.78, 5) is 30.9. The Labute approximate surface area is 206 Å². The van der Waals surface area contributed by atoms with E-state index in [1.807, 2.05) is 67.6 Å². The highest BCUT2D eigenvalue weighted by Gasteiger charge is 2.46. The molecule has 2 atom stereocenters. The van der Waals surface area contributed by atoms with Crippen molar-refractivity contribution in [2.45, 2.75) is 57.8 Å². The third-order valence-electron chi connectivity index (χ3n) is 6.62. The van der Waals surface area contributed by atoms with Gasteiger partial charge in [-0.25, -0.2) is 4.79 Å². The van der Waals surface area contributed by atoms with Gasteiger partial charge in [0.15, 0.2) is 5.78 Å². The smallest absolute Gasteiger partial charge is 0.411 e. The van der Waals surface area contributed by atoms with Crippen LogP contribution in [0.25, 0.3) is 11.3 Å². The highest BCUT2D eigenvalue weighted by Crippen LogP contribution is 2.42. The molecule has 2 aromatic carbocycles. The van der Waals surface area contributed by atoms with Crippen LogP contribution in [0.5, 0.6) is 0 Å². The molecule has 0 aliphatic carbocycles. The van der Waals surface area contributed by atoms with E-state index in [4.69, 9.17) is 4.74 Å². The first-order valence-corrected chi connectivity index (χ1v) is 11.9. The van der Waals surface area contributed by atoms with Gasteiger partial charge in [-0.1, -0.05) is 54.6 Å². The summed E-state index contributed by atoms with van der Waals surface area (Å²) in [5, 5.41) is 10.6. The maximum atomic E-state index is 13.2. The summed E-state index contributed by atoms with van der Waals surface area (Å²) in [5.41, 5.74) is 2.33. The van der Waals surface area contributed by atoms with E-state index >= 15 is 0 Å². The second-order valence-electron chi connectivity index (χ2n) is 9.95. The number of amides is 1. The molecule has 1 aliphatic heterocycles. The van der Waals surface area contributed by atoms with Gasteiger partial charge in [0.2, 0.25) is 0 Å². The monoisotopic (exact) mass is 472 g/mol. The zero-order valence-electron chi connectivity index (χ0n) is 20.7. The summed E-state index contributed by atoms with van der Waals surface area (Å²) in [7, 11) is 0.